The van der Waals surface area contributed by atoms with Crippen LogP contribution in [0.1, 0.15) is 18.5 Å². The second kappa shape index (κ2) is 17.9. The molecule has 56 heavy (non-hydrogen) atoms. The fraction of sp³-hybridized carbons (Fsp3) is 0.143. The average molecular weight is 816 g/mol. The maximum absolute atomic E-state index is 13.7. The molecule has 0 aliphatic carbocycles. The van der Waals surface area contributed by atoms with Crippen molar-refractivity contribution in [3.63, 3.8) is 0 Å². The first-order chi connectivity index (χ1) is 25.8. The molecule has 0 fully saturated rings. The van der Waals surface area contributed by atoms with Gasteiger partial charge in [0.2, 0.25) is 0 Å². The standard InChI is InChI=1S/C35H29N7O10S2.2Na/c43-34-28-10-1-3-12-30(28)36-32(23-14-16-26(17-15-23)51-53(45,46)47)41(34)19-6-5-18-40-21-25(38-39-40)22-42-33(37-31-13-4-2-11-29(31)35(42)44)24-8-7-9-27(20-24)52-54(48,49)50;;/h1-4,7-17,20-21H,5-6,18-19,22H2,(H,45,46,47)(H,48,49,50);;/q;2*+1/p-2. The van der Waals surface area contributed by atoms with Gasteiger partial charge in [0.15, 0.2) is 0 Å². The Kier molecular flexibility index (Phi) is 13.7. The molecule has 0 radical (unpaired) electrons. The molecular weight excluding hydrogens is 789 g/mol. The van der Waals surface area contributed by atoms with Crippen LogP contribution in [0.2, 0.25) is 0 Å². The Labute approximate surface area is 363 Å². The van der Waals surface area contributed by atoms with E-state index in [9.17, 15) is 35.5 Å². The molecule has 4 aromatic carbocycles. The molecule has 0 saturated heterocycles. The summed E-state index contributed by atoms with van der Waals surface area (Å²) in [6, 6.07) is 24.9. The fourth-order valence-electron chi connectivity index (χ4n) is 5.94. The molecular formula is C35H27N7Na2O10S2. The van der Waals surface area contributed by atoms with E-state index >= 15 is 0 Å². The van der Waals surface area contributed by atoms with Crippen molar-refractivity contribution in [3.8, 4) is 34.3 Å². The van der Waals surface area contributed by atoms with Crippen LogP contribution in [0.3, 0.4) is 0 Å². The topological polar surface area (TPSA) is 233 Å². The van der Waals surface area contributed by atoms with Crippen molar-refractivity contribution in [2.75, 3.05) is 0 Å². The van der Waals surface area contributed by atoms with Crippen molar-refractivity contribution in [1.29, 1.82) is 0 Å². The van der Waals surface area contributed by atoms with Gasteiger partial charge in [-0.15, -0.1) is 5.10 Å². The number of nitrogens with zero attached hydrogens (tertiary/aromatic N) is 7. The number of hydrogen-bond donors (Lipinski definition) is 0. The van der Waals surface area contributed by atoms with Crippen LogP contribution in [0, 0.1) is 0 Å². The Hall–Kier alpha value is -4.28. The number of unbranched alkanes of at least 4 members (excludes halogenated alkanes) is 1. The summed E-state index contributed by atoms with van der Waals surface area (Å²) in [5, 5.41) is 9.23. The maximum atomic E-state index is 13.7. The SMILES string of the molecule is O=c1c2ccccc2nc(-c2ccc(OS(=O)(=O)[O-])cc2)n1CCCCn1cc(Cn2c(-c3cccc(OS(=O)(=O)[O-])c3)nc3ccccc3c2=O)nn1.[Na+].[Na+]. The largest absolute Gasteiger partial charge is 1.00 e. The van der Waals surface area contributed by atoms with Crippen molar-refractivity contribution >= 4 is 42.6 Å². The van der Waals surface area contributed by atoms with Gasteiger partial charge in [0.25, 0.3) is 31.9 Å². The third-order valence-corrected chi connectivity index (χ3v) is 9.04. The molecule has 0 aliphatic heterocycles. The van der Waals surface area contributed by atoms with E-state index in [1.807, 2.05) is 0 Å². The number of benzene rings is 4. The zero-order valence-electron chi connectivity index (χ0n) is 29.9. The van der Waals surface area contributed by atoms with Gasteiger partial charge >= 0.3 is 59.1 Å². The van der Waals surface area contributed by atoms with E-state index in [0.717, 1.165) is 0 Å². The Balaban J connectivity index is 0.00000300. The summed E-state index contributed by atoms with van der Waals surface area (Å²) in [5.74, 6) is 0.114. The number of fused-ring (bicyclic) bond motifs is 2. The van der Waals surface area contributed by atoms with Crippen LogP contribution in [0.15, 0.2) is 113 Å². The number of aromatic nitrogens is 7. The number of rotatable bonds is 13. The smallest absolute Gasteiger partial charge is 0.716 e. The normalized spacial score (nSPS) is 11.5. The van der Waals surface area contributed by atoms with Crippen molar-refractivity contribution in [2.24, 2.45) is 0 Å². The Bertz CT molecular complexity index is 2890. The van der Waals surface area contributed by atoms with Crippen LogP contribution >= 0.6 is 0 Å². The molecule has 0 N–H and O–H groups in total. The van der Waals surface area contributed by atoms with Gasteiger partial charge in [-0.25, -0.2) is 26.8 Å². The Morgan fingerprint density at radius 2 is 1.16 bits per heavy atom. The monoisotopic (exact) mass is 815 g/mol. The van der Waals surface area contributed by atoms with Crippen molar-refractivity contribution < 1.29 is 93.4 Å². The van der Waals surface area contributed by atoms with Crippen molar-refractivity contribution in [1.82, 2.24) is 34.1 Å². The van der Waals surface area contributed by atoms with Gasteiger partial charge in [-0.3, -0.25) is 23.4 Å². The van der Waals surface area contributed by atoms with Crippen LogP contribution in [0.25, 0.3) is 44.6 Å². The van der Waals surface area contributed by atoms with Gasteiger partial charge in [0.1, 0.15) is 28.8 Å². The van der Waals surface area contributed by atoms with Gasteiger partial charge in [-0.2, -0.15) is 0 Å². The fourth-order valence-corrected chi connectivity index (χ4v) is 6.63. The van der Waals surface area contributed by atoms with E-state index in [-0.39, 0.29) is 101 Å². The quantitative estimate of drug-likeness (QED) is 0.0497. The van der Waals surface area contributed by atoms with Gasteiger partial charge in [-0.05, 0) is 73.5 Å². The molecule has 21 heteroatoms. The predicted molar refractivity (Wildman–Crippen MR) is 192 cm³/mol. The van der Waals surface area contributed by atoms with Crippen LogP contribution in [0.4, 0.5) is 0 Å². The van der Waals surface area contributed by atoms with Crippen LogP contribution in [-0.2, 0) is 40.4 Å². The summed E-state index contributed by atoms with van der Waals surface area (Å²) in [6.07, 6.45) is 2.76. The summed E-state index contributed by atoms with van der Waals surface area (Å²) in [4.78, 5) is 36.7. The van der Waals surface area contributed by atoms with Crippen LogP contribution in [0.5, 0.6) is 11.5 Å². The zero-order chi connectivity index (χ0) is 38.0. The molecule has 0 spiro atoms. The van der Waals surface area contributed by atoms with E-state index in [4.69, 9.17) is 4.98 Å². The number of aryl methyl sites for hydroxylation is 1. The Morgan fingerprint density at radius 3 is 1.79 bits per heavy atom. The molecule has 0 amide bonds. The van der Waals surface area contributed by atoms with E-state index in [0.29, 0.717) is 63.8 Å². The molecule has 3 aromatic heterocycles. The zero-order valence-corrected chi connectivity index (χ0v) is 35.5. The second-order valence-electron chi connectivity index (χ2n) is 12.0. The average Bonchev–Trinajstić information content (AvgIpc) is 3.58. The summed E-state index contributed by atoms with van der Waals surface area (Å²) in [6.45, 7) is 0.649. The molecule has 0 unspecified atom stereocenters. The molecule has 7 rings (SSSR count). The van der Waals surface area contributed by atoms with Crippen molar-refractivity contribution in [2.45, 2.75) is 32.5 Å². The summed E-state index contributed by atoms with van der Waals surface area (Å²) in [5.41, 5.74) is 1.50. The van der Waals surface area contributed by atoms with E-state index in [1.54, 1.807) is 65.5 Å². The third-order valence-electron chi connectivity index (χ3n) is 8.25. The van der Waals surface area contributed by atoms with Crippen molar-refractivity contribution in [3.05, 3.63) is 130 Å². The molecule has 0 aliphatic rings. The minimum absolute atomic E-state index is 0. The van der Waals surface area contributed by atoms with Gasteiger partial charge < -0.3 is 17.5 Å². The molecule has 17 nitrogen and oxygen atoms in total. The predicted octanol–water partition coefficient (Wildman–Crippen LogP) is -2.75. The Morgan fingerprint density at radius 1 is 0.607 bits per heavy atom. The molecule has 0 bridgehead atoms. The minimum Gasteiger partial charge on any atom is -0.716 e. The van der Waals surface area contributed by atoms with Crippen LogP contribution in [-0.4, -0.2) is 60.0 Å². The number of hydrogen-bond acceptors (Lipinski definition) is 14. The summed E-state index contributed by atoms with van der Waals surface area (Å²) >= 11 is 0. The molecule has 276 valence electrons. The van der Waals surface area contributed by atoms with E-state index in [2.05, 4.69) is 23.7 Å². The van der Waals surface area contributed by atoms with Gasteiger partial charge in [0.05, 0.1) is 34.5 Å². The second-order valence-corrected chi connectivity index (χ2v) is 13.9. The minimum atomic E-state index is -5.04. The van der Waals surface area contributed by atoms with Gasteiger partial charge in [0, 0.05) is 24.2 Å². The first kappa shape index (κ1) is 42.9. The van der Waals surface area contributed by atoms with E-state index in [1.165, 1.54) is 51.6 Å². The molecule has 7 aromatic rings. The maximum Gasteiger partial charge on any atom is 1.00 e. The summed E-state index contributed by atoms with van der Waals surface area (Å²) in [7, 11) is -10.0. The van der Waals surface area contributed by atoms with E-state index < -0.39 is 20.8 Å². The first-order valence-corrected chi connectivity index (χ1v) is 18.9. The number of para-hydroxylation sites is 2. The molecule has 0 atom stereocenters. The summed E-state index contributed by atoms with van der Waals surface area (Å²) < 4.78 is 80.1. The van der Waals surface area contributed by atoms with Gasteiger partial charge in [-0.1, -0.05) is 41.6 Å². The first-order valence-electron chi connectivity index (χ1n) is 16.2. The molecule has 3 heterocycles. The van der Waals surface area contributed by atoms with Crippen LogP contribution < -0.4 is 78.6 Å². The molecule has 0 saturated carbocycles. The third kappa shape index (κ3) is 10.2.